The average Bonchev–Trinajstić information content (AvgIpc) is 2.43. The van der Waals surface area contributed by atoms with Crippen LogP contribution in [0.25, 0.3) is 0 Å². The number of rotatable bonds is 10. The highest BCUT2D eigenvalue weighted by Gasteiger charge is 2.20. The van der Waals surface area contributed by atoms with Crippen LogP contribution in [0.2, 0.25) is 0 Å². The number of nitro groups is 1. The molecular formula is C14H22N2O4. The number of hydrogen-bond acceptors (Lipinski definition) is 5. The van der Waals surface area contributed by atoms with Crippen LogP contribution in [0.15, 0.2) is 18.2 Å². The number of para-hydroxylation sites is 1. The molecule has 0 saturated heterocycles. The molecule has 1 aromatic carbocycles. The Balaban J connectivity index is 2.60. The van der Waals surface area contributed by atoms with E-state index >= 15 is 0 Å². The molecule has 112 valence electrons. The zero-order valence-corrected chi connectivity index (χ0v) is 12.1. The van der Waals surface area contributed by atoms with E-state index in [0.29, 0.717) is 31.2 Å². The monoisotopic (exact) mass is 282 g/mol. The molecule has 6 heteroatoms. The van der Waals surface area contributed by atoms with Crippen molar-refractivity contribution in [3.05, 3.63) is 28.3 Å². The highest BCUT2D eigenvalue weighted by atomic mass is 16.6. The number of anilines is 1. The normalized spacial score (nSPS) is 10.3. The Hall–Kier alpha value is -1.82. The highest BCUT2D eigenvalue weighted by Crippen LogP contribution is 2.34. The van der Waals surface area contributed by atoms with Crippen LogP contribution in [-0.2, 0) is 4.74 Å². The first-order chi connectivity index (χ1) is 9.70. The summed E-state index contributed by atoms with van der Waals surface area (Å²) < 4.78 is 10.7. The lowest BCUT2D eigenvalue weighted by Crippen LogP contribution is -2.08. The standard InChI is InChI=1S/C14H22N2O4/c1-3-10-19-11-6-9-15-12-7-5-8-13(20-4-2)14(12)16(17)18/h5,7-8,15H,3-4,6,9-11H2,1-2H3. The predicted molar refractivity (Wildman–Crippen MR) is 78.5 cm³/mol. The van der Waals surface area contributed by atoms with Gasteiger partial charge in [-0.25, -0.2) is 0 Å². The first kappa shape index (κ1) is 16.2. The molecule has 0 saturated carbocycles. The zero-order valence-electron chi connectivity index (χ0n) is 12.1. The molecule has 6 nitrogen and oxygen atoms in total. The van der Waals surface area contributed by atoms with Gasteiger partial charge in [0, 0.05) is 19.8 Å². The maximum atomic E-state index is 11.2. The molecule has 0 aliphatic heterocycles. The first-order valence-corrected chi connectivity index (χ1v) is 6.92. The van der Waals surface area contributed by atoms with Crippen molar-refractivity contribution in [2.75, 3.05) is 31.7 Å². The lowest BCUT2D eigenvalue weighted by atomic mass is 10.2. The molecule has 0 amide bonds. The van der Waals surface area contributed by atoms with Gasteiger partial charge in [-0.15, -0.1) is 0 Å². The summed E-state index contributed by atoms with van der Waals surface area (Å²) in [7, 11) is 0. The van der Waals surface area contributed by atoms with E-state index in [0.717, 1.165) is 19.4 Å². The van der Waals surface area contributed by atoms with Crippen LogP contribution in [0.3, 0.4) is 0 Å². The number of hydrogen-bond donors (Lipinski definition) is 1. The van der Waals surface area contributed by atoms with E-state index < -0.39 is 4.92 Å². The van der Waals surface area contributed by atoms with Crippen LogP contribution >= 0.6 is 0 Å². The lowest BCUT2D eigenvalue weighted by molar-refractivity contribution is -0.384. The molecule has 0 radical (unpaired) electrons. The van der Waals surface area contributed by atoms with Crippen LogP contribution in [0.5, 0.6) is 5.75 Å². The summed E-state index contributed by atoms with van der Waals surface area (Å²) in [5.74, 6) is 0.296. The van der Waals surface area contributed by atoms with E-state index in [4.69, 9.17) is 9.47 Å². The van der Waals surface area contributed by atoms with E-state index in [1.54, 1.807) is 25.1 Å². The van der Waals surface area contributed by atoms with Crippen LogP contribution in [0.4, 0.5) is 11.4 Å². The van der Waals surface area contributed by atoms with E-state index in [2.05, 4.69) is 12.2 Å². The minimum atomic E-state index is -0.416. The Morgan fingerprint density at radius 2 is 2.10 bits per heavy atom. The third-order valence-electron chi connectivity index (χ3n) is 2.61. The predicted octanol–water partition coefficient (Wildman–Crippen LogP) is 3.22. The Morgan fingerprint density at radius 1 is 1.30 bits per heavy atom. The van der Waals surface area contributed by atoms with Gasteiger partial charge in [-0.2, -0.15) is 0 Å². The van der Waals surface area contributed by atoms with Gasteiger partial charge in [0.25, 0.3) is 0 Å². The maximum Gasteiger partial charge on any atom is 0.333 e. The Bertz CT molecular complexity index is 424. The molecule has 0 bridgehead atoms. The zero-order chi connectivity index (χ0) is 14.8. The van der Waals surface area contributed by atoms with E-state index in [1.807, 2.05) is 0 Å². The van der Waals surface area contributed by atoms with Crippen molar-refractivity contribution in [3.63, 3.8) is 0 Å². The van der Waals surface area contributed by atoms with Gasteiger partial charge in [-0.1, -0.05) is 13.0 Å². The molecule has 0 spiro atoms. The fourth-order valence-electron chi connectivity index (χ4n) is 1.77. The summed E-state index contributed by atoms with van der Waals surface area (Å²) in [6.07, 6.45) is 1.80. The second kappa shape index (κ2) is 9.14. The molecule has 20 heavy (non-hydrogen) atoms. The van der Waals surface area contributed by atoms with Crippen molar-refractivity contribution in [3.8, 4) is 5.75 Å². The molecule has 0 aliphatic carbocycles. The van der Waals surface area contributed by atoms with Crippen LogP contribution in [0.1, 0.15) is 26.7 Å². The van der Waals surface area contributed by atoms with Gasteiger partial charge in [-0.05, 0) is 31.9 Å². The highest BCUT2D eigenvalue weighted by molar-refractivity contribution is 5.68. The topological polar surface area (TPSA) is 73.6 Å². The molecule has 0 heterocycles. The Kier molecular flexibility index (Phi) is 7.42. The third-order valence-corrected chi connectivity index (χ3v) is 2.61. The maximum absolute atomic E-state index is 11.2. The minimum absolute atomic E-state index is 0.0103. The van der Waals surface area contributed by atoms with E-state index in [9.17, 15) is 10.1 Å². The van der Waals surface area contributed by atoms with Crippen LogP contribution in [0, 0.1) is 10.1 Å². The Morgan fingerprint density at radius 3 is 2.75 bits per heavy atom. The first-order valence-electron chi connectivity index (χ1n) is 6.92. The summed E-state index contributed by atoms with van der Waals surface area (Å²) in [5.41, 5.74) is 0.472. The molecular weight excluding hydrogens is 260 g/mol. The number of benzene rings is 1. The van der Waals surface area contributed by atoms with Gasteiger partial charge in [0.15, 0.2) is 5.75 Å². The second-order valence-electron chi connectivity index (χ2n) is 4.24. The summed E-state index contributed by atoms with van der Waals surface area (Å²) in [6, 6.07) is 5.04. The van der Waals surface area contributed by atoms with Gasteiger partial charge >= 0.3 is 5.69 Å². The van der Waals surface area contributed by atoms with E-state index in [1.165, 1.54) is 0 Å². The number of ether oxygens (including phenoxy) is 2. The smallest absolute Gasteiger partial charge is 0.333 e. The van der Waals surface area contributed by atoms with E-state index in [-0.39, 0.29) is 5.69 Å². The molecule has 0 aliphatic rings. The van der Waals surface area contributed by atoms with Crippen molar-refractivity contribution in [2.45, 2.75) is 26.7 Å². The second-order valence-corrected chi connectivity index (χ2v) is 4.24. The summed E-state index contributed by atoms with van der Waals surface area (Å²) >= 11 is 0. The SMILES string of the molecule is CCCOCCCNc1cccc(OCC)c1[N+](=O)[O-]. The molecule has 0 unspecified atom stereocenters. The van der Waals surface area contributed by atoms with Gasteiger partial charge in [0.1, 0.15) is 5.69 Å². The summed E-state index contributed by atoms with van der Waals surface area (Å²) in [5, 5.41) is 14.2. The van der Waals surface area contributed by atoms with Crippen LogP contribution in [-0.4, -0.2) is 31.3 Å². The van der Waals surface area contributed by atoms with Gasteiger partial charge in [0.2, 0.25) is 0 Å². The molecule has 0 atom stereocenters. The van der Waals surface area contributed by atoms with Gasteiger partial charge < -0.3 is 14.8 Å². The van der Waals surface area contributed by atoms with Crippen LogP contribution < -0.4 is 10.1 Å². The van der Waals surface area contributed by atoms with Crippen molar-refractivity contribution < 1.29 is 14.4 Å². The largest absolute Gasteiger partial charge is 0.487 e. The summed E-state index contributed by atoms with van der Waals surface area (Å²) in [6.45, 7) is 6.28. The third kappa shape index (κ3) is 5.05. The summed E-state index contributed by atoms with van der Waals surface area (Å²) in [4.78, 5) is 10.7. The molecule has 0 aromatic heterocycles. The number of nitrogens with one attached hydrogen (secondary N) is 1. The molecule has 1 aromatic rings. The average molecular weight is 282 g/mol. The quantitative estimate of drug-likeness (QED) is 0.405. The number of nitro benzene ring substituents is 1. The Labute approximate surface area is 119 Å². The van der Waals surface area contributed by atoms with Gasteiger partial charge in [0.05, 0.1) is 11.5 Å². The van der Waals surface area contributed by atoms with Crippen molar-refractivity contribution in [1.82, 2.24) is 0 Å². The van der Waals surface area contributed by atoms with Crippen molar-refractivity contribution in [1.29, 1.82) is 0 Å². The number of nitrogens with zero attached hydrogens (tertiary/aromatic N) is 1. The molecule has 1 N–H and O–H groups in total. The fraction of sp³-hybridized carbons (Fsp3) is 0.571. The molecule has 1 rings (SSSR count). The van der Waals surface area contributed by atoms with Crippen molar-refractivity contribution >= 4 is 11.4 Å². The van der Waals surface area contributed by atoms with Gasteiger partial charge in [-0.3, -0.25) is 10.1 Å². The van der Waals surface area contributed by atoms with Crippen molar-refractivity contribution in [2.24, 2.45) is 0 Å². The fourth-order valence-corrected chi connectivity index (χ4v) is 1.77. The lowest BCUT2D eigenvalue weighted by Gasteiger charge is -2.10. The molecule has 0 fully saturated rings. The minimum Gasteiger partial charge on any atom is -0.487 e.